The Labute approximate surface area is 99.6 Å². The molecule has 0 bridgehead atoms. The second-order valence-electron chi connectivity index (χ2n) is 6.14. The van der Waals surface area contributed by atoms with E-state index in [2.05, 4.69) is 41.7 Å². The number of hydrogen-bond acceptors (Lipinski definition) is 2. The second-order valence-corrected chi connectivity index (χ2v) is 6.62. The highest BCUT2D eigenvalue weighted by molar-refractivity contribution is 7.29. The lowest BCUT2D eigenvalue weighted by atomic mass is 9.75. The molecule has 1 atom stereocenters. The Kier molecular flexibility index (Phi) is 5.54. The van der Waals surface area contributed by atoms with Crippen LogP contribution in [0.1, 0.15) is 47.5 Å². The number of likely N-dealkylation sites (tertiary alicyclic amines) is 1. The first kappa shape index (κ1) is 16.0. The molecule has 0 saturated carbocycles. The largest absolute Gasteiger partial charge is 0.567 e. The summed E-state index contributed by atoms with van der Waals surface area (Å²) in [6.07, 6.45) is 2.73. The summed E-state index contributed by atoms with van der Waals surface area (Å²) in [5, 5.41) is 0. The molecule has 4 nitrogen and oxygen atoms in total. The van der Waals surface area contributed by atoms with Gasteiger partial charge in [-0.15, -0.1) is 0 Å². The van der Waals surface area contributed by atoms with Gasteiger partial charge in [0.15, 0.2) is 0 Å². The van der Waals surface area contributed by atoms with Gasteiger partial charge in [-0.25, -0.2) is 0 Å². The van der Waals surface area contributed by atoms with E-state index in [-0.39, 0.29) is 0 Å². The Morgan fingerprint density at radius 3 is 1.75 bits per heavy atom. The van der Waals surface area contributed by atoms with Gasteiger partial charge in [-0.3, -0.25) is 0 Å². The van der Waals surface area contributed by atoms with E-state index in [9.17, 15) is 0 Å². The third-order valence-electron chi connectivity index (χ3n) is 3.75. The molecule has 0 aromatic carbocycles. The average molecular weight is 250 g/mol. The summed E-state index contributed by atoms with van der Waals surface area (Å²) in [4.78, 5) is 17.3. The van der Waals surface area contributed by atoms with Gasteiger partial charge in [0, 0.05) is 12.8 Å². The van der Waals surface area contributed by atoms with Crippen molar-refractivity contribution in [2.24, 2.45) is 5.92 Å². The van der Waals surface area contributed by atoms with Crippen molar-refractivity contribution in [1.29, 1.82) is 0 Å². The van der Waals surface area contributed by atoms with Crippen LogP contribution in [0.3, 0.4) is 0 Å². The number of rotatable bonds is 0. The highest BCUT2D eigenvalue weighted by Gasteiger charge is 2.45. The summed E-state index contributed by atoms with van der Waals surface area (Å²) in [5.74, 6) is 0.888. The van der Waals surface area contributed by atoms with Gasteiger partial charge in [0.25, 0.3) is 0 Å². The van der Waals surface area contributed by atoms with E-state index in [1.165, 1.54) is 12.8 Å². The Morgan fingerprint density at radius 2 is 1.50 bits per heavy atom. The molecule has 0 aromatic heterocycles. The molecule has 0 radical (unpaired) electrons. The van der Waals surface area contributed by atoms with Crippen LogP contribution in [0.4, 0.5) is 0 Å². The van der Waals surface area contributed by atoms with Crippen LogP contribution in [0.2, 0.25) is 0 Å². The van der Waals surface area contributed by atoms with Gasteiger partial charge in [-0.2, -0.15) is 4.89 Å². The second kappa shape index (κ2) is 5.54. The molecule has 1 fully saturated rings. The Hall–Kier alpha value is -0.0200. The smallest absolute Gasteiger partial charge is 0.485 e. The van der Waals surface area contributed by atoms with Gasteiger partial charge >= 0.3 is 8.25 Å². The maximum Gasteiger partial charge on any atom is 0.485 e. The minimum Gasteiger partial charge on any atom is -0.567 e. The summed E-state index contributed by atoms with van der Waals surface area (Å²) >= 11 is 0. The van der Waals surface area contributed by atoms with Crippen molar-refractivity contribution in [2.45, 2.75) is 58.5 Å². The molecule has 0 aliphatic carbocycles. The predicted molar refractivity (Wildman–Crippen MR) is 63.3 cm³/mol. The van der Waals surface area contributed by atoms with Gasteiger partial charge in [-0.1, -0.05) is 6.92 Å². The first-order chi connectivity index (χ1) is 6.99. The van der Waals surface area contributed by atoms with Crippen molar-refractivity contribution in [3.05, 3.63) is 0 Å². The summed E-state index contributed by atoms with van der Waals surface area (Å²) in [6, 6.07) is 0. The molecule has 0 spiro atoms. The highest BCUT2D eigenvalue weighted by atomic mass is 31.1. The zero-order chi connectivity index (χ0) is 13.1. The first-order valence-electron chi connectivity index (χ1n) is 5.67. The maximum atomic E-state index is 8.59. The fraction of sp³-hybridized carbons (Fsp3) is 1.00. The van der Waals surface area contributed by atoms with E-state index in [0.717, 1.165) is 5.92 Å². The van der Waals surface area contributed by atoms with Crippen LogP contribution < -0.4 is 9.79 Å². The normalized spacial score (nSPS) is 32.4. The van der Waals surface area contributed by atoms with E-state index < -0.39 is 8.25 Å². The van der Waals surface area contributed by atoms with Gasteiger partial charge < -0.3 is 9.79 Å². The molecule has 1 rings (SSSR count). The first-order valence-corrected chi connectivity index (χ1v) is 6.80. The van der Waals surface area contributed by atoms with E-state index >= 15 is 0 Å². The highest BCUT2D eigenvalue weighted by Crippen LogP contribution is 2.27. The standard InChI is InChI=1S/C11H23N.HO3P/c1-9-7-10(2,3)12(6)11(4,5)8-9;1-4(2)3/h9H,7-8H2,1-6H3;(H,1,2,3)/p+1. The molecule has 16 heavy (non-hydrogen) atoms. The molecular weight excluding hydrogens is 225 g/mol. The van der Waals surface area contributed by atoms with Crippen LogP contribution in [0.25, 0.3) is 0 Å². The van der Waals surface area contributed by atoms with Crippen molar-refractivity contribution in [3.63, 3.8) is 0 Å². The summed E-state index contributed by atoms with van der Waals surface area (Å²) in [6.45, 7) is 11.9. The summed E-state index contributed by atoms with van der Waals surface area (Å²) in [7, 11) is -0.781. The van der Waals surface area contributed by atoms with Crippen molar-refractivity contribution in [1.82, 2.24) is 0 Å². The molecule has 1 aliphatic rings. The van der Waals surface area contributed by atoms with Crippen LogP contribution in [0, 0.1) is 5.92 Å². The molecule has 1 saturated heterocycles. The van der Waals surface area contributed by atoms with Crippen molar-refractivity contribution >= 4 is 8.25 Å². The van der Waals surface area contributed by atoms with E-state index in [1.807, 2.05) is 0 Å². The molecule has 96 valence electrons. The third kappa shape index (κ3) is 4.88. The number of nitrogens with one attached hydrogen (secondary N) is 1. The molecule has 0 amide bonds. The van der Waals surface area contributed by atoms with E-state index in [0.29, 0.717) is 11.1 Å². The molecule has 5 heteroatoms. The topological polar surface area (TPSA) is 64.8 Å². The fourth-order valence-electron chi connectivity index (χ4n) is 3.04. The molecule has 0 aromatic rings. The third-order valence-corrected chi connectivity index (χ3v) is 3.75. The minimum atomic E-state index is -3.12. The Bertz CT molecular complexity index is 232. The van der Waals surface area contributed by atoms with Crippen LogP contribution >= 0.6 is 8.25 Å². The van der Waals surface area contributed by atoms with E-state index in [1.54, 1.807) is 4.90 Å². The lowest BCUT2D eigenvalue weighted by Crippen LogP contribution is -3.24. The van der Waals surface area contributed by atoms with Gasteiger partial charge in [0.1, 0.15) is 0 Å². The van der Waals surface area contributed by atoms with Crippen LogP contribution in [-0.2, 0) is 4.57 Å². The number of hydrogen-bond donors (Lipinski definition) is 2. The van der Waals surface area contributed by atoms with Gasteiger partial charge in [0.05, 0.1) is 18.1 Å². The minimum absolute atomic E-state index is 0.459. The van der Waals surface area contributed by atoms with Gasteiger partial charge in [0.2, 0.25) is 0 Å². The monoisotopic (exact) mass is 250 g/mol. The van der Waals surface area contributed by atoms with E-state index in [4.69, 9.17) is 14.4 Å². The number of quaternary nitrogens is 1. The van der Waals surface area contributed by atoms with Crippen LogP contribution in [0.15, 0.2) is 0 Å². The molecule has 1 aliphatic heterocycles. The zero-order valence-corrected chi connectivity index (χ0v) is 12.1. The van der Waals surface area contributed by atoms with Crippen molar-refractivity contribution in [2.75, 3.05) is 7.05 Å². The van der Waals surface area contributed by atoms with Crippen LogP contribution in [0.5, 0.6) is 0 Å². The zero-order valence-electron chi connectivity index (χ0n) is 11.2. The maximum absolute atomic E-state index is 8.59. The van der Waals surface area contributed by atoms with Crippen molar-refractivity contribution < 1.29 is 19.3 Å². The molecule has 1 unspecified atom stereocenters. The molecule has 2 N–H and O–H groups in total. The Balaban J connectivity index is 0.000000487. The summed E-state index contributed by atoms with van der Waals surface area (Å²) in [5.41, 5.74) is 0.919. The van der Waals surface area contributed by atoms with Gasteiger partial charge in [-0.05, 0) is 38.2 Å². The average Bonchev–Trinajstić information content (AvgIpc) is 1.96. The molecule has 1 heterocycles. The number of piperidine rings is 1. The quantitative estimate of drug-likeness (QED) is 0.615. The van der Waals surface area contributed by atoms with Crippen molar-refractivity contribution in [3.8, 4) is 0 Å². The fourth-order valence-corrected chi connectivity index (χ4v) is 3.04. The predicted octanol–water partition coefficient (Wildman–Crippen LogP) is 0.485. The summed E-state index contributed by atoms with van der Waals surface area (Å²) < 4.78 is 8.59. The lowest BCUT2D eigenvalue weighted by Gasteiger charge is -2.49. The SMILES string of the molecule is CC1CC(C)(C)[NH+](C)C(C)(C)C1.O=[P+]([O-])O. The molecular formula is C11H25NO3P+. The van der Waals surface area contributed by atoms with Crippen LogP contribution in [-0.4, -0.2) is 23.0 Å². The lowest BCUT2D eigenvalue weighted by molar-refractivity contribution is -0.983. The Morgan fingerprint density at radius 1 is 1.25 bits per heavy atom.